The van der Waals surface area contributed by atoms with E-state index in [0.717, 1.165) is 11.3 Å². The van der Waals surface area contributed by atoms with Crippen LogP contribution in [-0.4, -0.2) is 17.8 Å². The van der Waals surface area contributed by atoms with Crippen molar-refractivity contribution >= 4 is 23.3 Å². The summed E-state index contributed by atoms with van der Waals surface area (Å²) in [7, 11) is 0. The summed E-state index contributed by atoms with van der Waals surface area (Å²) in [4.78, 5) is 25.5. The molecule has 2 atom stereocenters. The number of carbonyl (C=O) groups is 2. The molecule has 6 heteroatoms. The average Bonchev–Trinajstić information content (AvgIpc) is 2.67. The lowest BCUT2D eigenvalue weighted by molar-refractivity contribution is -0.122. The van der Waals surface area contributed by atoms with E-state index in [2.05, 4.69) is 5.32 Å². The highest BCUT2D eigenvalue weighted by Gasteiger charge is 2.39. The van der Waals surface area contributed by atoms with Gasteiger partial charge in [-0.2, -0.15) is 0 Å². The highest BCUT2D eigenvalue weighted by Crippen LogP contribution is 2.44. The topological polar surface area (TPSA) is 55.4 Å². The van der Waals surface area contributed by atoms with Gasteiger partial charge in [0.2, 0.25) is 5.91 Å². The van der Waals surface area contributed by atoms with Crippen LogP contribution in [0.5, 0.6) is 5.75 Å². The Bertz CT molecular complexity index is 1010. The van der Waals surface area contributed by atoms with Crippen molar-refractivity contribution in [3.8, 4) is 5.75 Å². The molecule has 2 unspecified atom stereocenters. The van der Waals surface area contributed by atoms with Gasteiger partial charge in [-0.15, -0.1) is 0 Å². The van der Waals surface area contributed by atoms with Crippen LogP contribution < -0.4 is 10.1 Å². The zero-order valence-electron chi connectivity index (χ0n) is 16.9. The van der Waals surface area contributed by atoms with Crippen LogP contribution in [0.25, 0.3) is 0 Å². The SMILES string of the molecule is CC(C)Oc1ccc(C2CC(=O)C3=C(C2)NC(=O)CC3c2c(F)cccc2Cl)cc1. The average molecular weight is 428 g/mol. The molecule has 0 bridgehead atoms. The molecule has 0 spiro atoms. The highest BCUT2D eigenvalue weighted by atomic mass is 35.5. The molecule has 1 N–H and O–H groups in total. The van der Waals surface area contributed by atoms with Gasteiger partial charge in [0.25, 0.3) is 0 Å². The molecule has 1 aliphatic carbocycles. The molecule has 2 aliphatic rings. The minimum Gasteiger partial charge on any atom is -0.491 e. The van der Waals surface area contributed by atoms with E-state index in [1.54, 1.807) is 6.07 Å². The molecule has 0 saturated carbocycles. The van der Waals surface area contributed by atoms with E-state index in [1.165, 1.54) is 12.1 Å². The molecule has 0 aromatic heterocycles. The lowest BCUT2D eigenvalue weighted by Crippen LogP contribution is -2.38. The van der Waals surface area contributed by atoms with Gasteiger partial charge in [-0.05, 0) is 56.0 Å². The van der Waals surface area contributed by atoms with Crippen LogP contribution in [0.1, 0.15) is 56.1 Å². The van der Waals surface area contributed by atoms with E-state index in [1.807, 2.05) is 38.1 Å². The maximum absolute atomic E-state index is 14.6. The summed E-state index contributed by atoms with van der Waals surface area (Å²) >= 11 is 6.25. The number of halogens is 2. The normalized spacial score (nSPS) is 21.5. The lowest BCUT2D eigenvalue weighted by atomic mass is 9.73. The first-order valence-electron chi connectivity index (χ1n) is 10.1. The number of ketones is 1. The first-order valence-corrected chi connectivity index (χ1v) is 10.5. The fourth-order valence-electron chi connectivity index (χ4n) is 4.38. The molecule has 2 aromatic rings. The highest BCUT2D eigenvalue weighted by molar-refractivity contribution is 6.31. The number of allylic oxidation sites excluding steroid dienone is 2. The summed E-state index contributed by atoms with van der Waals surface area (Å²) in [6.45, 7) is 3.93. The summed E-state index contributed by atoms with van der Waals surface area (Å²) in [5, 5.41) is 3.09. The molecule has 4 nitrogen and oxygen atoms in total. The molecule has 30 heavy (non-hydrogen) atoms. The maximum Gasteiger partial charge on any atom is 0.225 e. The summed E-state index contributed by atoms with van der Waals surface area (Å²) in [6, 6.07) is 12.1. The fourth-order valence-corrected chi connectivity index (χ4v) is 4.67. The van der Waals surface area contributed by atoms with Crippen molar-refractivity contribution in [3.63, 3.8) is 0 Å². The number of carbonyl (C=O) groups excluding carboxylic acids is 2. The Balaban J connectivity index is 1.66. The Morgan fingerprint density at radius 3 is 2.47 bits per heavy atom. The van der Waals surface area contributed by atoms with Crippen molar-refractivity contribution in [2.24, 2.45) is 0 Å². The molecular formula is C24H23ClFNO3. The van der Waals surface area contributed by atoms with Gasteiger partial charge < -0.3 is 10.1 Å². The second-order valence-electron chi connectivity index (χ2n) is 8.10. The zero-order valence-corrected chi connectivity index (χ0v) is 17.6. The zero-order chi connectivity index (χ0) is 21.4. The van der Waals surface area contributed by atoms with Gasteiger partial charge in [-0.3, -0.25) is 9.59 Å². The van der Waals surface area contributed by atoms with Gasteiger partial charge >= 0.3 is 0 Å². The fraction of sp³-hybridized carbons (Fsp3) is 0.333. The molecule has 0 fully saturated rings. The van der Waals surface area contributed by atoms with Crippen LogP contribution in [0.3, 0.4) is 0 Å². The van der Waals surface area contributed by atoms with E-state index in [9.17, 15) is 14.0 Å². The first kappa shape index (κ1) is 20.6. The number of rotatable bonds is 4. The van der Waals surface area contributed by atoms with Gasteiger partial charge in [-0.1, -0.05) is 29.8 Å². The summed E-state index contributed by atoms with van der Waals surface area (Å²) < 4.78 is 20.2. The number of nitrogens with one attached hydrogen (secondary N) is 1. The quantitative estimate of drug-likeness (QED) is 0.723. The third-order valence-electron chi connectivity index (χ3n) is 5.61. The summed E-state index contributed by atoms with van der Waals surface area (Å²) in [5.41, 5.74) is 2.30. The standard InChI is InChI=1S/C24H23ClFNO3/c1-13(2)30-16-8-6-14(7-9-16)15-10-20-24(21(28)11-15)17(12-22(29)27-20)23-18(25)4-3-5-19(23)26/h3-9,13,15,17H,10-12H2,1-2H3,(H,27,29). The van der Waals surface area contributed by atoms with Crippen molar-refractivity contribution in [1.29, 1.82) is 0 Å². The van der Waals surface area contributed by atoms with E-state index < -0.39 is 11.7 Å². The largest absolute Gasteiger partial charge is 0.491 e. The molecule has 0 saturated heterocycles. The van der Waals surface area contributed by atoms with Crippen LogP contribution in [0.2, 0.25) is 5.02 Å². The smallest absolute Gasteiger partial charge is 0.225 e. The third kappa shape index (κ3) is 3.99. The van der Waals surface area contributed by atoms with Gasteiger partial charge in [0.1, 0.15) is 11.6 Å². The Labute approximate surface area is 180 Å². The molecule has 1 aliphatic heterocycles. The Hall–Kier alpha value is -2.66. The molecule has 1 heterocycles. The monoisotopic (exact) mass is 427 g/mol. The number of hydrogen-bond acceptors (Lipinski definition) is 3. The second-order valence-corrected chi connectivity index (χ2v) is 8.50. The van der Waals surface area contributed by atoms with Crippen molar-refractivity contribution in [2.75, 3.05) is 0 Å². The second kappa shape index (κ2) is 8.23. The maximum atomic E-state index is 14.6. The van der Waals surface area contributed by atoms with Gasteiger partial charge in [0, 0.05) is 40.6 Å². The van der Waals surface area contributed by atoms with E-state index in [0.29, 0.717) is 24.1 Å². The molecule has 156 valence electrons. The van der Waals surface area contributed by atoms with Crippen molar-refractivity contribution in [2.45, 2.75) is 51.0 Å². The minimum absolute atomic E-state index is 0.0110. The minimum atomic E-state index is -0.655. The molecular weight excluding hydrogens is 405 g/mol. The van der Waals surface area contributed by atoms with Crippen LogP contribution >= 0.6 is 11.6 Å². The molecule has 1 amide bonds. The Morgan fingerprint density at radius 1 is 1.07 bits per heavy atom. The number of amides is 1. The van der Waals surface area contributed by atoms with E-state index in [4.69, 9.17) is 16.3 Å². The molecule has 0 radical (unpaired) electrons. The predicted molar refractivity (Wildman–Crippen MR) is 113 cm³/mol. The Morgan fingerprint density at radius 2 is 1.80 bits per heavy atom. The third-order valence-corrected chi connectivity index (χ3v) is 5.94. The number of benzene rings is 2. The number of Topliss-reactive ketones (excluding diaryl/α,β-unsaturated/α-hetero) is 1. The van der Waals surface area contributed by atoms with E-state index in [-0.39, 0.29) is 40.7 Å². The predicted octanol–water partition coefficient (Wildman–Crippen LogP) is 5.27. The Kier molecular flexibility index (Phi) is 5.65. The first-order chi connectivity index (χ1) is 14.3. The molecule has 2 aromatic carbocycles. The molecule has 4 rings (SSSR count). The van der Waals surface area contributed by atoms with Gasteiger partial charge in [-0.25, -0.2) is 4.39 Å². The van der Waals surface area contributed by atoms with Gasteiger partial charge in [0.15, 0.2) is 5.78 Å². The number of hydrogen-bond donors (Lipinski definition) is 1. The van der Waals surface area contributed by atoms with Crippen molar-refractivity contribution in [3.05, 3.63) is 75.7 Å². The van der Waals surface area contributed by atoms with Crippen molar-refractivity contribution < 1.29 is 18.7 Å². The van der Waals surface area contributed by atoms with Crippen LogP contribution in [0.15, 0.2) is 53.7 Å². The lowest BCUT2D eigenvalue weighted by Gasteiger charge is -2.34. The van der Waals surface area contributed by atoms with Crippen LogP contribution in [0, 0.1) is 5.82 Å². The summed E-state index contributed by atoms with van der Waals surface area (Å²) in [5.74, 6) is -0.738. The van der Waals surface area contributed by atoms with Gasteiger partial charge in [0.05, 0.1) is 6.10 Å². The number of ether oxygens (including phenoxy) is 1. The summed E-state index contributed by atoms with van der Waals surface area (Å²) in [6.07, 6.45) is 0.915. The van der Waals surface area contributed by atoms with Crippen molar-refractivity contribution in [1.82, 2.24) is 5.32 Å². The van der Waals surface area contributed by atoms with Crippen LogP contribution in [0.4, 0.5) is 4.39 Å². The van der Waals surface area contributed by atoms with E-state index >= 15 is 0 Å². The van der Waals surface area contributed by atoms with Crippen LogP contribution in [-0.2, 0) is 9.59 Å².